The molecule has 0 spiro atoms. The Kier molecular flexibility index (Phi) is 4.60. The molecule has 24 heavy (non-hydrogen) atoms. The monoisotopic (exact) mass is 326 g/mol. The van der Waals surface area contributed by atoms with Gasteiger partial charge in [0.25, 0.3) is 5.91 Å². The van der Waals surface area contributed by atoms with Crippen LogP contribution in [0.1, 0.15) is 28.8 Å². The van der Waals surface area contributed by atoms with Crippen LogP contribution in [-0.4, -0.2) is 30.3 Å². The maximum absolute atomic E-state index is 13.2. The minimum Gasteiger partial charge on any atom is -0.337 e. The maximum atomic E-state index is 13.2. The molecule has 0 radical (unpaired) electrons. The smallest absolute Gasteiger partial charge is 0.253 e. The van der Waals surface area contributed by atoms with E-state index in [0.29, 0.717) is 18.5 Å². The second kappa shape index (κ2) is 6.83. The van der Waals surface area contributed by atoms with Crippen LogP contribution in [0.2, 0.25) is 0 Å². The zero-order valence-electron chi connectivity index (χ0n) is 13.5. The summed E-state index contributed by atoms with van der Waals surface area (Å²) in [6.45, 7) is 1.06. The van der Waals surface area contributed by atoms with Crippen LogP contribution >= 0.6 is 0 Å². The van der Waals surface area contributed by atoms with Crippen molar-refractivity contribution in [3.8, 4) is 0 Å². The first-order chi connectivity index (χ1) is 11.5. The highest BCUT2D eigenvalue weighted by molar-refractivity contribution is 5.97. The molecule has 0 aliphatic carbocycles. The lowest BCUT2D eigenvalue weighted by Crippen LogP contribution is -2.27. The number of anilines is 1. The Morgan fingerprint density at radius 3 is 2.58 bits per heavy atom. The molecule has 2 amide bonds. The van der Waals surface area contributed by atoms with E-state index in [1.54, 1.807) is 53.2 Å². The van der Waals surface area contributed by atoms with Crippen LogP contribution in [0.25, 0.3) is 0 Å². The van der Waals surface area contributed by atoms with E-state index in [1.165, 1.54) is 12.1 Å². The normalized spacial score (nSPS) is 14.1. The minimum absolute atomic E-state index is 0.122. The number of halogens is 1. The molecule has 2 aromatic carbocycles. The van der Waals surface area contributed by atoms with Gasteiger partial charge in [0.05, 0.1) is 0 Å². The lowest BCUT2D eigenvalue weighted by molar-refractivity contribution is -0.117. The number of benzene rings is 2. The first-order valence-corrected chi connectivity index (χ1v) is 7.95. The quantitative estimate of drug-likeness (QED) is 0.865. The molecule has 0 atom stereocenters. The maximum Gasteiger partial charge on any atom is 0.253 e. The fourth-order valence-electron chi connectivity index (χ4n) is 2.91. The molecule has 4 nitrogen and oxygen atoms in total. The molecule has 1 aliphatic rings. The van der Waals surface area contributed by atoms with Gasteiger partial charge in [0.15, 0.2) is 0 Å². The molecule has 0 saturated carbocycles. The van der Waals surface area contributed by atoms with Gasteiger partial charge >= 0.3 is 0 Å². The van der Waals surface area contributed by atoms with Crippen molar-refractivity contribution in [3.63, 3.8) is 0 Å². The molecule has 0 N–H and O–H groups in total. The van der Waals surface area contributed by atoms with Crippen LogP contribution in [0.3, 0.4) is 0 Å². The number of hydrogen-bond donors (Lipinski definition) is 0. The van der Waals surface area contributed by atoms with Crippen LogP contribution in [-0.2, 0) is 11.3 Å². The Labute approximate surface area is 140 Å². The van der Waals surface area contributed by atoms with Crippen LogP contribution in [0.4, 0.5) is 10.1 Å². The third-order valence-electron chi connectivity index (χ3n) is 4.15. The fraction of sp³-hybridized carbons (Fsp3) is 0.263. The lowest BCUT2D eigenvalue weighted by Gasteiger charge is -2.19. The standard InChI is InChI=1S/C19H19FN2O2/c1-21(13-14-4-2-5-16(20)12-14)19(24)15-7-9-17(10-8-15)22-11-3-6-18(22)23/h2,4-5,7-10,12H,3,6,11,13H2,1H3. The van der Waals surface area contributed by atoms with Crippen molar-refractivity contribution in [2.75, 3.05) is 18.5 Å². The van der Waals surface area contributed by atoms with E-state index in [2.05, 4.69) is 0 Å². The van der Waals surface area contributed by atoms with Gasteiger partial charge in [-0.3, -0.25) is 9.59 Å². The highest BCUT2D eigenvalue weighted by Gasteiger charge is 2.22. The molecule has 0 bridgehead atoms. The molecule has 5 heteroatoms. The third-order valence-corrected chi connectivity index (χ3v) is 4.15. The predicted octanol–water partition coefficient (Wildman–Crippen LogP) is 3.22. The topological polar surface area (TPSA) is 40.6 Å². The van der Waals surface area contributed by atoms with Crippen LogP contribution in [0.5, 0.6) is 0 Å². The summed E-state index contributed by atoms with van der Waals surface area (Å²) in [4.78, 5) is 27.5. The number of amides is 2. The van der Waals surface area contributed by atoms with Crippen molar-refractivity contribution in [2.24, 2.45) is 0 Å². The van der Waals surface area contributed by atoms with Crippen LogP contribution in [0.15, 0.2) is 48.5 Å². The van der Waals surface area contributed by atoms with E-state index in [4.69, 9.17) is 0 Å². The summed E-state index contributed by atoms with van der Waals surface area (Å²) < 4.78 is 13.2. The molecule has 3 rings (SSSR count). The van der Waals surface area contributed by atoms with Gasteiger partial charge in [0, 0.05) is 37.8 Å². The van der Waals surface area contributed by atoms with E-state index in [9.17, 15) is 14.0 Å². The van der Waals surface area contributed by atoms with Gasteiger partial charge in [-0.1, -0.05) is 12.1 Å². The SMILES string of the molecule is CN(Cc1cccc(F)c1)C(=O)c1ccc(N2CCCC2=O)cc1. The highest BCUT2D eigenvalue weighted by Crippen LogP contribution is 2.22. The van der Waals surface area contributed by atoms with Crippen molar-refractivity contribution in [1.29, 1.82) is 0 Å². The van der Waals surface area contributed by atoms with Gasteiger partial charge in [0.1, 0.15) is 5.82 Å². The van der Waals surface area contributed by atoms with E-state index < -0.39 is 0 Å². The minimum atomic E-state index is -0.312. The largest absolute Gasteiger partial charge is 0.337 e. The average molecular weight is 326 g/mol. The first-order valence-electron chi connectivity index (χ1n) is 7.95. The molecule has 1 fully saturated rings. The molecular formula is C19H19FN2O2. The van der Waals surface area contributed by atoms with Crippen molar-refractivity contribution in [2.45, 2.75) is 19.4 Å². The van der Waals surface area contributed by atoms with Gasteiger partial charge in [-0.05, 0) is 48.4 Å². The third kappa shape index (κ3) is 3.45. The second-order valence-electron chi connectivity index (χ2n) is 5.99. The van der Waals surface area contributed by atoms with Crippen molar-refractivity contribution >= 4 is 17.5 Å². The Balaban J connectivity index is 1.69. The molecule has 1 aliphatic heterocycles. The summed E-state index contributed by atoms with van der Waals surface area (Å²) in [5.74, 6) is -0.330. The Morgan fingerprint density at radius 2 is 1.96 bits per heavy atom. The Bertz CT molecular complexity index is 758. The van der Waals surface area contributed by atoms with Crippen molar-refractivity contribution < 1.29 is 14.0 Å². The van der Waals surface area contributed by atoms with Gasteiger partial charge in [0.2, 0.25) is 5.91 Å². The van der Waals surface area contributed by atoms with E-state index >= 15 is 0 Å². The summed E-state index contributed by atoms with van der Waals surface area (Å²) >= 11 is 0. The molecule has 0 aromatic heterocycles. The number of carbonyl (C=O) groups excluding carboxylic acids is 2. The zero-order valence-corrected chi connectivity index (χ0v) is 13.5. The van der Waals surface area contributed by atoms with Crippen molar-refractivity contribution in [3.05, 3.63) is 65.5 Å². The van der Waals surface area contributed by atoms with E-state index in [1.807, 2.05) is 0 Å². The molecule has 0 unspecified atom stereocenters. The molecule has 124 valence electrons. The summed E-state index contributed by atoms with van der Waals surface area (Å²) in [5, 5.41) is 0. The average Bonchev–Trinajstić information content (AvgIpc) is 3.00. The van der Waals surface area contributed by atoms with Crippen LogP contribution in [0, 0.1) is 5.82 Å². The molecular weight excluding hydrogens is 307 g/mol. The molecule has 1 saturated heterocycles. The first kappa shape index (κ1) is 16.2. The predicted molar refractivity (Wildman–Crippen MR) is 90.2 cm³/mol. The second-order valence-corrected chi connectivity index (χ2v) is 5.99. The van der Waals surface area contributed by atoms with Crippen molar-refractivity contribution in [1.82, 2.24) is 4.90 Å². The Morgan fingerprint density at radius 1 is 1.21 bits per heavy atom. The van der Waals surface area contributed by atoms with Gasteiger partial charge in [-0.15, -0.1) is 0 Å². The number of hydrogen-bond acceptors (Lipinski definition) is 2. The van der Waals surface area contributed by atoms with Gasteiger partial charge in [-0.2, -0.15) is 0 Å². The van der Waals surface area contributed by atoms with Gasteiger partial charge in [-0.25, -0.2) is 4.39 Å². The van der Waals surface area contributed by atoms with E-state index in [-0.39, 0.29) is 17.6 Å². The summed E-state index contributed by atoms with van der Waals surface area (Å²) in [7, 11) is 1.69. The molecule has 2 aromatic rings. The Hall–Kier alpha value is -2.69. The number of rotatable bonds is 4. The summed E-state index contributed by atoms with van der Waals surface area (Å²) in [6.07, 6.45) is 1.45. The number of carbonyl (C=O) groups is 2. The van der Waals surface area contributed by atoms with Crippen LogP contribution < -0.4 is 4.90 Å². The summed E-state index contributed by atoms with van der Waals surface area (Å²) in [5.41, 5.74) is 2.11. The van der Waals surface area contributed by atoms with E-state index in [0.717, 1.165) is 24.2 Å². The zero-order chi connectivity index (χ0) is 17.1. The summed E-state index contributed by atoms with van der Waals surface area (Å²) in [6, 6.07) is 13.3. The lowest BCUT2D eigenvalue weighted by atomic mass is 10.1. The highest BCUT2D eigenvalue weighted by atomic mass is 19.1. The molecule has 1 heterocycles. The van der Waals surface area contributed by atoms with Gasteiger partial charge < -0.3 is 9.80 Å². The number of nitrogens with zero attached hydrogens (tertiary/aromatic N) is 2. The fourth-order valence-corrected chi connectivity index (χ4v) is 2.91.